The van der Waals surface area contributed by atoms with Gasteiger partial charge in [-0.15, -0.1) is 0 Å². The molecule has 1 aliphatic rings. The zero-order chi connectivity index (χ0) is 19.5. The molecule has 1 aromatic heterocycles. The van der Waals surface area contributed by atoms with Crippen molar-refractivity contribution in [3.05, 3.63) is 65.9 Å². The van der Waals surface area contributed by atoms with Crippen molar-refractivity contribution in [3.63, 3.8) is 0 Å². The number of carbonyl (C=O) groups excluding carboxylic acids is 1. The number of aromatic nitrogens is 2. The zero-order valence-corrected chi connectivity index (χ0v) is 16.1. The monoisotopic (exact) mass is 373 g/mol. The molecule has 0 saturated heterocycles. The fraction of sp³-hybridized carbons (Fsp3) is 0.227. The summed E-state index contributed by atoms with van der Waals surface area (Å²) in [4.78, 5) is 22.8. The van der Waals surface area contributed by atoms with E-state index in [1.165, 1.54) is 0 Å². The van der Waals surface area contributed by atoms with Gasteiger partial charge in [-0.2, -0.15) is 4.98 Å². The number of nitrogens with zero attached hydrogens (tertiary/aromatic N) is 3. The molecule has 2 heterocycles. The molecule has 0 bridgehead atoms. The van der Waals surface area contributed by atoms with Crippen LogP contribution in [0, 0.1) is 6.92 Å². The van der Waals surface area contributed by atoms with E-state index in [-0.39, 0.29) is 5.91 Å². The summed E-state index contributed by atoms with van der Waals surface area (Å²) in [5.41, 5.74) is 5.00. The molecule has 3 aromatic rings. The minimum absolute atomic E-state index is 0.165. The van der Waals surface area contributed by atoms with Gasteiger partial charge in [0.15, 0.2) is 0 Å². The quantitative estimate of drug-likeness (QED) is 0.701. The number of para-hydroxylation sites is 1. The molecule has 0 radical (unpaired) electrons. The van der Waals surface area contributed by atoms with Crippen molar-refractivity contribution < 1.29 is 4.79 Å². The van der Waals surface area contributed by atoms with Gasteiger partial charge in [0.05, 0.1) is 0 Å². The average Bonchev–Trinajstić information content (AvgIpc) is 2.84. The Balaban J connectivity index is 1.57. The van der Waals surface area contributed by atoms with Crippen LogP contribution in [0.3, 0.4) is 0 Å². The van der Waals surface area contributed by atoms with Gasteiger partial charge in [0.25, 0.3) is 0 Å². The van der Waals surface area contributed by atoms with Gasteiger partial charge >= 0.3 is 0 Å². The Bertz CT molecular complexity index is 1000. The number of rotatable bonds is 4. The van der Waals surface area contributed by atoms with Crippen LogP contribution < -0.4 is 15.5 Å². The normalized spacial score (nSPS) is 13.6. The fourth-order valence-electron chi connectivity index (χ4n) is 3.34. The van der Waals surface area contributed by atoms with Crippen LogP contribution in [0.1, 0.15) is 24.0 Å². The Morgan fingerprint density at radius 1 is 1.00 bits per heavy atom. The Hall–Kier alpha value is -3.41. The molecule has 2 aromatic carbocycles. The molecule has 4 rings (SSSR count). The summed E-state index contributed by atoms with van der Waals surface area (Å²) in [6.45, 7) is 1.98. The zero-order valence-electron chi connectivity index (χ0n) is 16.1. The van der Waals surface area contributed by atoms with Crippen molar-refractivity contribution in [2.45, 2.75) is 26.2 Å². The molecule has 142 valence electrons. The van der Waals surface area contributed by atoms with Gasteiger partial charge in [0, 0.05) is 42.3 Å². The van der Waals surface area contributed by atoms with Crippen molar-refractivity contribution >= 4 is 34.7 Å². The molecule has 0 fully saturated rings. The van der Waals surface area contributed by atoms with Gasteiger partial charge in [-0.1, -0.05) is 18.2 Å². The second-order valence-electron chi connectivity index (χ2n) is 6.99. The molecular formula is C22H23N5O. The number of amides is 1. The van der Waals surface area contributed by atoms with Gasteiger partial charge in [0.1, 0.15) is 5.82 Å². The summed E-state index contributed by atoms with van der Waals surface area (Å²) in [6.07, 6.45) is 4.14. The third kappa shape index (κ3) is 3.81. The molecule has 0 aliphatic carbocycles. The molecular weight excluding hydrogens is 350 g/mol. The van der Waals surface area contributed by atoms with E-state index in [1.807, 2.05) is 56.4 Å². The van der Waals surface area contributed by atoms with E-state index < -0.39 is 0 Å². The van der Waals surface area contributed by atoms with Crippen LogP contribution in [0.15, 0.2) is 54.7 Å². The number of nitrogens with one attached hydrogen (secondary N) is 2. The molecule has 0 saturated carbocycles. The molecule has 1 amide bonds. The summed E-state index contributed by atoms with van der Waals surface area (Å²) in [7, 11) is 1.84. The molecule has 2 N–H and O–H groups in total. The molecule has 6 nitrogen and oxygen atoms in total. The Labute approximate surface area is 164 Å². The lowest BCUT2D eigenvalue weighted by atomic mass is 10.1. The van der Waals surface area contributed by atoms with Crippen molar-refractivity contribution in [2.75, 3.05) is 22.6 Å². The number of aryl methyl sites for hydroxylation is 2. The lowest BCUT2D eigenvalue weighted by molar-refractivity contribution is -0.118. The first kappa shape index (κ1) is 18.0. The van der Waals surface area contributed by atoms with Crippen LogP contribution in [0.25, 0.3) is 0 Å². The third-order valence-electron chi connectivity index (χ3n) is 4.92. The average molecular weight is 373 g/mol. The number of carbonyl (C=O) groups is 1. The first-order valence-electron chi connectivity index (χ1n) is 9.42. The van der Waals surface area contributed by atoms with Crippen LogP contribution in [0.2, 0.25) is 0 Å². The molecule has 1 aliphatic heterocycles. The topological polar surface area (TPSA) is 70.2 Å². The largest absolute Gasteiger partial charge is 0.340 e. The van der Waals surface area contributed by atoms with E-state index in [0.29, 0.717) is 12.4 Å². The van der Waals surface area contributed by atoms with Gasteiger partial charge in [-0.05, 0) is 55.7 Å². The smallest absolute Gasteiger partial charge is 0.229 e. The highest BCUT2D eigenvalue weighted by molar-refractivity contribution is 5.94. The van der Waals surface area contributed by atoms with E-state index in [4.69, 9.17) is 0 Å². The summed E-state index contributed by atoms with van der Waals surface area (Å²) >= 11 is 0. The lowest BCUT2D eigenvalue weighted by Crippen LogP contribution is -2.24. The molecule has 28 heavy (non-hydrogen) atoms. The van der Waals surface area contributed by atoms with Crippen molar-refractivity contribution in [1.29, 1.82) is 0 Å². The predicted octanol–water partition coefficient (Wildman–Crippen LogP) is 4.57. The van der Waals surface area contributed by atoms with Gasteiger partial charge in [-0.25, -0.2) is 4.98 Å². The maximum atomic E-state index is 12.1. The lowest BCUT2D eigenvalue weighted by Gasteiger charge is -2.18. The van der Waals surface area contributed by atoms with Gasteiger partial charge < -0.3 is 15.5 Å². The van der Waals surface area contributed by atoms with Crippen LogP contribution in [0.5, 0.6) is 0 Å². The first-order chi connectivity index (χ1) is 13.6. The van der Waals surface area contributed by atoms with E-state index in [0.717, 1.165) is 46.8 Å². The molecule has 0 atom stereocenters. The minimum atomic E-state index is 0.165. The fourth-order valence-corrected chi connectivity index (χ4v) is 3.34. The summed E-state index contributed by atoms with van der Waals surface area (Å²) in [5, 5.41) is 6.62. The Morgan fingerprint density at radius 2 is 1.82 bits per heavy atom. The molecule has 0 unspecified atom stereocenters. The highest BCUT2D eigenvalue weighted by Gasteiger charge is 2.19. The van der Waals surface area contributed by atoms with Gasteiger partial charge in [-0.3, -0.25) is 4.79 Å². The summed E-state index contributed by atoms with van der Waals surface area (Å²) in [6, 6.07) is 16.0. The highest BCUT2D eigenvalue weighted by Crippen LogP contribution is 2.29. The number of hydrogen-bond donors (Lipinski definition) is 2. The Kier molecular flexibility index (Phi) is 4.93. The number of hydrogen-bond acceptors (Lipinski definition) is 5. The van der Waals surface area contributed by atoms with Gasteiger partial charge in [0.2, 0.25) is 11.9 Å². The van der Waals surface area contributed by atoms with E-state index in [2.05, 4.69) is 26.7 Å². The molecule has 0 spiro atoms. The van der Waals surface area contributed by atoms with Crippen LogP contribution in [-0.2, 0) is 11.2 Å². The number of anilines is 5. The third-order valence-corrected chi connectivity index (χ3v) is 4.92. The highest BCUT2D eigenvalue weighted by atomic mass is 16.2. The number of benzene rings is 2. The van der Waals surface area contributed by atoms with Crippen LogP contribution in [0.4, 0.5) is 28.8 Å². The van der Waals surface area contributed by atoms with Crippen LogP contribution >= 0.6 is 0 Å². The Morgan fingerprint density at radius 3 is 2.64 bits per heavy atom. The van der Waals surface area contributed by atoms with Crippen molar-refractivity contribution in [3.8, 4) is 0 Å². The van der Waals surface area contributed by atoms with Crippen LogP contribution in [-0.4, -0.2) is 22.9 Å². The minimum Gasteiger partial charge on any atom is -0.340 e. The summed E-state index contributed by atoms with van der Waals surface area (Å²) < 4.78 is 0. The maximum Gasteiger partial charge on any atom is 0.229 e. The van der Waals surface area contributed by atoms with E-state index in [1.54, 1.807) is 11.1 Å². The SMILES string of the molecule is Cc1cnc(Nc2ccc3c(c2)CCCC(=O)N3C)nc1Nc1ccccc1. The van der Waals surface area contributed by atoms with E-state index >= 15 is 0 Å². The standard InChI is InChI=1S/C22H23N5O/c1-15-14-23-22(26-21(15)24-17-8-4-3-5-9-17)25-18-11-12-19-16(13-18)7-6-10-20(28)27(19)2/h3-5,8-9,11-14H,6-7,10H2,1-2H3,(H2,23,24,25,26). The van der Waals surface area contributed by atoms with E-state index in [9.17, 15) is 4.79 Å². The maximum absolute atomic E-state index is 12.1. The molecule has 6 heteroatoms. The predicted molar refractivity (Wildman–Crippen MR) is 113 cm³/mol. The second-order valence-corrected chi connectivity index (χ2v) is 6.99. The summed E-state index contributed by atoms with van der Waals surface area (Å²) in [5.74, 6) is 1.46. The number of fused-ring (bicyclic) bond motifs is 1. The second kappa shape index (κ2) is 7.68. The van der Waals surface area contributed by atoms with Crippen molar-refractivity contribution in [1.82, 2.24) is 9.97 Å². The van der Waals surface area contributed by atoms with Crippen molar-refractivity contribution in [2.24, 2.45) is 0 Å². The first-order valence-corrected chi connectivity index (χ1v) is 9.42.